The van der Waals surface area contributed by atoms with E-state index in [1.807, 2.05) is 5.38 Å². The Labute approximate surface area is 135 Å². The fourth-order valence-electron chi connectivity index (χ4n) is 2.05. The summed E-state index contributed by atoms with van der Waals surface area (Å²) in [5.41, 5.74) is 3.01. The van der Waals surface area contributed by atoms with Crippen LogP contribution in [0.4, 0.5) is 18.0 Å². The van der Waals surface area contributed by atoms with Crippen LogP contribution in [0.15, 0.2) is 35.2 Å². The zero-order chi connectivity index (χ0) is 16.9. The van der Waals surface area contributed by atoms with Crippen LogP contribution < -0.4 is 10.6 Å². The summed E-state index contributed by atoms with van der Waals surface area (Å²) in [6, 6.07) is 5.46. The number of carbonyl (C=O) groups excluding carboxylic acids is 1. The lowest BCUT2D eigenvalue weighted by Crippen LogP contribution is -2.37. The highest BCUT2D eigenvalue weighted by atomic mass is 32.1. The first-order valence-corrected chi connectivity index (χ1v) is 7.85. The molecule has 0 aliphatic rings. The summed E-state index contributed by atoms with van der Waals surface area (Å²) in [5.74, 6) is 0. The molecule has 8 heteroatoms. The van der Waals surface area contributed by atoms with Gasteiger partial charge in [-0.2, -0.15) is 13.2 Å². The highest BCUT2D eigenvalue weighted by Crippen LogP contribution is 2.23. The van der Waals surface area contributed by atoms with Gasteiger partial charge in [0.1, 0.15) is 0 Å². The maximum absolute atomic E-state index is 12.5. The van der Waals surface area contributed by atoms with Crippen molar-refractivity contribution in [2.45, 2.75) is 32.1 Å². The molecular formula is C15H16F3N3OS. The molecule has 1 aromatic heterocycles. The Morgan fingerprint density at radius 3 is 2.61 bits per heavy atom. The van der Waals surface area contributed by atoms with Crippen LogP contribution >= 0.6 is 11.3 Å². The van der Waals surface area contributed by atoms with E-state index < -0.39 is 18.6 Å². The summed E-state index contributed by atoms with van der Waals surface area (Å²) in [6.45, 7) is 1.81. The predicted octanol–water partition coefficient (Wildman–Crippen LogP) is 3.81. The van der Waals surface area contributed by atoms with Crippen molar-refractivity contribution in [1.82, 2.24) is 15.6 Å². The van der Waals surface area contributed by atoms with E-state index in [1.165, 1.54) is 17.4 Å². The average Bonchev–Trinajstić information content (AvgIpc) is 2.99. The van der Waals surface area contributed by atoms with E-state index in [1.54, 1.807) is 30.6 Å². The van der Waals surface area contributed by atoms with Gasteiger partial charge in [-0.1, -0.05) is 24.3 Å². The number of nitrogens with zero attached hydrogens (tertiary/aromatic N) is 1. The van der Waals surface area contributed by atoms with Crippen LogP contribution in [-0.2, 0) is 13.0 Å². The molecule has 0 aliphatic carbocycles. The maximum Gasteiger partial charge on any atom is 0.393 e. The molecule has 2 aromatic rings. The third kappa shape index (κ3) is 5.55. The number of benzene rings is 1. The molecule has 1 aromatic carbocycles. The molecule has 0 fully saturated rings. The second-order valence-corrected chi connectivity index (χ2v) is 5.74. The third-order valence-electron chi connectivity index (χ3n) is 3.19. The van der Waals surface area contributed by atoms with E-state index >= 15 is 0 Å². The number of nitrogens with one attached hydrogen (secondary N) is 2. The smallest absolute Gasteiger partial charge is 0.334 e. The molecule has 124 valence electrons. The van der Waals surface area contributed by atoms with Gasteiger partial charge in [0.2, 0.25) is 0 Å². The summed E-state index contributed by atoms with van der Waals surface area (Å²) in [7, 11) is 0. The van der Waals surface area contributed by atoms with E-state index in [2.05, 4.69) is 15.6 Å². The van der Waals surface area contributed by atoms with Crippen molar-refractivity contribution < 1.29 is 18.0 Å². The van der Waals surface area contributed by atoms with E-state index in [4.69, 9.17) is 0 Å². The number of amides is 2. The SMILES string of the molecule is CC(NC(=O)NCc1ccccc1CC(F)(F)F)c1cscn1. The molecule has 2 rings (SSSR count). The van der Waals surface area contributed by atoms with Crippen LogP contribution in [0.25, 0.3) is 0 Å². The van der Waals surface area contributed by atoms with E-state index in [0.29, 0.717) is 5.56 Å². The standard InChI is InChI=1S/C15H16F3N3OS/c1-10(13-8-23-9-20-13)21-14(22)19-7-12-5-3-2-4-11(12)6-15(16,17)18/h2-5,8-10H,6-7H2,1H3,(H2,19,21,22). The molecule has 2 N–H and O–H groups in total. The molecule has 0 radical (unpaired) electrons. The van der Waals surface area contributed by atoms with Crippen LogP contribution in [0.1, 0.15) is 29.8 Å². The number of rotatable bonds is 5. The summed E-state index contributed by atoms with van der Waals surface area (Å²) < 4.78 is 37.6. The lowest BCUT2D eigenvalue weighted by molar-refractivity contribution is -0.127. The van der Waals surface area contributed by atoms with E-state index in [0.717, 1.165) is 5.69 Å². The minimum atomic E-state index is -4.28. The number of thiazole rings is 1. The van der Waals surface area contributed by atoms with Gasteiger partial charge in [-0.3, -0.25) is 0 Å². The summed E-state index contributed by atoms with van der Waals surface area (Å²) in [6.07, 6.45) is -5.29. The second-order valence-electron chi connectivity index (χ2n) is 5.02. The van der Waals surface area contributed by atoms with Gasteiger partial charge in [-0.05, 0) is 18.1 Å². The zero-order valence-corrected chi connectivity index (χ0v) is 13.2. The van der Waals surface area contributed by atoms with Crippen molar-refractivity contribution in [2.75, 3.05) is 0 Å². The largest absolute Gasteiger partial charge is 0.393 e. The Morgan fingerprint density at radius 1 is 1.30 bits per heavy atom. The average molecular weight is 343 g/mol. The molecule has 2 amide bonds. The Kier molecular flexibility index (Phi) is 5.59. The van der Waals surface area contributed by atoms with E-state index in [9.17, 15) is 18.0 Å². The number of halogens is 3. The molecule has 23 heavy (non-hydrogen) atoms. The van der Waals surface area contributed by atoms with Crippen LogP contribution in [0.2, 0.25) is 0 Å². The predicted molar refractivity (Wildman–Crippen MR) is 82.1 cm³/mol. The maximum atomic E-state index is 12.5. The number of aromatic nitrogens is 1. The summed E-state index contributed by atoms with van der Waals surface area (Å²) >= 11 is 1.42. The van der Waals surface area contributed by atoms with Crippen LogP contribution in [-0.4, -0.2) is 17.2 Å². The molecule has 1 unspecified atom stereocenters. The van der Waals surface area contributed by atoms with Crippen LogP contribution in [0.3, 0.4) is 0 Å². The Balaban J connectivity index is 1.91. The Morgan fingerprint density at radius 2 is 2.00 bits per heavy atom. The fraction of sp³-hybridized carbons (Fsp3) is 0.333. The van der Waals surface area contributed by atoms with Crippen molar-refractivity contribution in [1.29, 1.82) is 0 Å². The van der Waals surface area contributed by atoms with Crippen LogP contribution in [0.5, 0.6) is 0 Å². The van der Waals surface area contributed by atoms with Gasteiger partial charge in [0.15, 0.2) is 0 Å². The molecule has 1 atom stereocenters. The molecule has 0 aliphatic heterocycles. The van der Waals surface area contributed by atoms with Gasteiger partial charge in [0.25, 0.3) is 0 Å². The number of hydrogen-bond donors (Lipinski definition) is 2. The fourth-order valence-corrected chi connectivity index (χ4v) is 2.70. The van der Waals surface area contributed by atoms with Gasteiger partial charge in [0, 0.05) is 11.9 Å². The van der Waals surface area contributed by atoms with Crippen molar-refractivity contribution in [3.05, 3.63) is 52.0 Å². The molecule has 1 heterocycles. The molecule has 0 saturated heterocycles. The minimum absolute atomic E-state index is 0.0296. The number of hydrogen-bond acceptors (Lipinski definition) is 3. The molecule has 4 nitrogen and oxygen atoms in total. The number of carbonyl (C=O) groups is 1. The monoisotopic (exact) mass is 343 g/mol. The lowest BCUT2D eigenvalue weighted by Gasteiger charge is -2.15. The normalized spacial score (nSPS) is 12.7. The number of urea groups is 1. The summed E-state index contributed by atoms with van der Waals surface area (Å²) in [4.78, 5) is 15.9. The minimum Gasteiger partial charge on any atom is -0.334 e. The molecular weight excluding hydrogens is 327 g/mol. The highest BCUT2D eigenvalue weighted by molar-refractivity contribution is 7.07. The second kappa shape index (κ2) is 7.45. The summed E-state index contributed by atoms with van der Waals surface area (Å²) in [5, 5.41) is 7.09. The van der Waals surface area contributed by atoms with Gasteiger partial charge in [0.05, 0.1) is 23.7 Å². The first-order valence-electron chi connectivity index (χ1n) is 6.91. The van der Waals surface area contributed by atoms with Crippen molar-refractivity contribution in [3.8, 4) is 0 Å². The first-order chi connectivity index (χ1) is 10.8. The van der Waals surface area contributed by atoms with Crippen LogP contribution in [0, 0.1) is 0 Å². The van der Waals surface area contributed by atoms with Crippen molar-refractivity contribution >= 4 is 17.4 Å². The number of alkyl halides is 3. The highest BCUT2D eigenvalue weighted by Gasteiger charge is 2.28. The first kappa shape index (κ1) is 17.3. The molecule has 0 saturated carbocycles. The topological polar surface area (TPSA) is 54.0 Å². The van der Waals surface area contributed by atoms with E-state index in [-0.39, 0.29) is 18.2 Å². The van der Waals surface area contributed by atoms with Gasteiger partial charge in [-0.25, -0.2) is 9.78 Å². The van der Waals surface area contributed by atoms with Crippen molar-refractivity contribution in [2.24, 2.45) is 0 Å². The molecule has 0 spiro atoms. The quantitative estimate of drug-likeness (QED) is 0.867. The van der Waals surface area contributed by atoms with Gasteiger partial charge < -0.3 is 10.6 Å². The van der Waals surface area contributed by atoms with Crippen molar-refractivity contribution in [3.63, 3.8) is 0 Å². The molecule has 0 bridgehead atoms. The Hall–Kier alpha value is -2.09. The third-order valence-corrected chi connectivity index (χ3v) is 3.80. The van der Waals surface area contributed by atoms with Gasteiger partial charge >= 0.3 is 12.2 Å². The lowest BCUT2D eigenvalue weighted by atomic mass is 10.0. The van der Waals surface area contributed by atoms with Gasteiger partial charge in [-0.15, -0.1) is 11.3 Å². The Bertz CT molecular complexity index is 644. The zero-order valence-electron chi connectivity index (χ0n) is 12.4.